The lowest BCUT2D eigenvalue weighted by Gasteiger charge is -2.36. The highest BCUT2D eigenvalue weighted by Crippen LogP contribution is 2.37. The van der Waals surface area contributed by atoms with Gasteiger partial charge in [0.2, 0.25) is 0 Å². The molecule has 138 valence electrons. The van der Waals surface area contributed by atoms with Crippen molar-refractivity contribution in [2.24, 2.45) is 5.92 Å². The van der Waals surface area contributed by atoms with Crippen LogP contribution >= 0.6 is 0 Å². The zero-order chi connectivity index (χ0) is 18.7. The summed E-state index contributed by atoms with van der Waals surface area (Å²) in [5.41, 5.74) is 3.83. The molecule has 1 atom stereocenters. The van der Waals surface area contributed by atoms with Crippen LogP contribution in [0.3, 0.4) is 0 Å². The van der Waals surface area contributed by atoms with Crippen molar-refractivity contribution in [1.82, 2.24) is 4.90 Å². The summed E-state index contributed by atoms with van der Waals surface area (Å²) in [5.74, 6) is 0.511. The van der Waals surface area contributed by atoms with Crippen LogP contribution in [0.2, 0.25) is 0 Å². The van der Waals surface area contributed by atoms with Crippen LogP contribution in [0, 0.1) is 12.8 Å². The summed E-state index contributed by atoms with van der Waals surface area (Å²) < 4.78 is 0. The molecule has 2 aromatic rings. The van der Waals surface area contributed by atoms with Crippen molar-refractivity contribution in [2.45, 2.75) is 39.8 Å². The average Bonchev–Trinajstić information content (AvgIpc) is 3.04. The molecule has 1 aliphatic heterocycles. The number of carboxylic acid groups (broad SMARTS) is 1. The highest BCUT2D eigenvalue weighted by Gasteiger charge is 2.35. The maximum absolute atomic E-state index is 12.4. The number of aryl methyl sites for hydroxylation is 1. The highest BCUT2D eigenvalue weighted by atomic mass is 16.4. The van der Waals surface area contributed by atoms with E-state index in [1.165, 1.54) is 0 Å². The van der Waals surface area contributed by atoms with Crippen molar-refractivity contribution in [1.29, 1.82) is 0 Å². The van der Waals surface area contributed by atoms with E-state index in [0.717, 1.165) is 48.3 Å². The summed E-state index contributed by atoms with van der Waals surface area (Å²) in [5, 5.41) is 10.1. The Kier molecular flexibility index (Phi) is 5.62. The minimum absolute atomic E-state index is 0.0986. The normalized spacial score (nSPS) is 17.6. The van der Waals surface area contributed by atoms with Gasteiger partial charge >= 0.3 is 6.09 Å². The Morgan fingerprint density at radius 2 is 1.92 bits per heavy atom. The second kappa shape index (κ2) is 7.92. The Hall–Kier alpha value is -2.33. The van der Waals surface area contributed by atoms with E-state index in [2.05, 4.69) is 18.7 Å². The van der Waals surface area contributed by atoms with Crippen molar-refractivity contribution < 1.29 is 9.90 Å². The number of benzene rings is 2. The van der Waals surface area contributed by atoms with Crippen molar-refractivity contribution in [3.05, 3.63) is 54.1 Å². The van der Waals surface area contributed by atoms with Gasteiger partial charge in [0.25, 0.3) is 0 Å². The summed E-state index contributed by atoms with van der Waals surface area (Å²) >= 11 is 0. The number of amides is 1. The number of nitrogens with zero attached hydrogens (tertiary/aromatic N) is 2. The van der Waals surface area contributed by atoms with Crippen molar-refractivity contribution in [3.63, 3.8) is 0 Å². The van der Waals surface area contributed by atoms with Crippen LogP contribution in [-0.4, -0.2) is 35.4 Å². The molecule has 0 radical (unpaired) electrons. The first-order valence-electron chi connectivity index (χ1n) is 9.40. The van der Waals surface area contributed by atoms with E-state index in [0.29, 0.717) is 5.92 Å². The molecule has 1 fully saturated rings. The maximum Gasteiger partial charge on any atom is 0.413 e. The van der Waals surface area contributed by atoms with Gasteiger partial charge in [-0.15, -0.1) is 0 Å². The van der Waals surface area contributed by atoms with Crippen molar-refractivity contribution in [3.8, 4) is 11.1 Å². The fourth-order valence-electron chi connectivity index (χ4n) is 3.98. The van der Waals surface area contributed by atoms with E-state index < -0.39 is 6.09 Å². The molecule has 4 heteroatoms. The second-order valence-electron chi connectivity index (χ2n) is 7.50. The van der Waals surface area contributed by atoms with Gasteiger partial charge in [-0.2, -0.15) is 0 Å². The minimum atomic E-state index is -0.878. The highest BCUT2D eigenvalue weighted by molar-refractivity contribution is 5.94. The molecule has 26 heavy (non-hydrogen) atoms. The predicted octanol–water partition coefficient (Wildman–Crippen LogP) is 5.22. The van der Waals surface area contributed by atoms with Gasteiger partial charge in [-0.25, -0.2) is 4.79 Å². The molecule has 0 bridgehead atoms. The van der Waals surface area contributed by atoms with Crippen LogP contribution in [0.25, 0.3) is 11.1 Å². The number of anilines is 1. The van der Waals surface area contributed by atoms with Gasteiger partial charge in [-0.3, -0.25) is 9.80 Å². The van der Waals surface area contributed by atoms with Gasteiger partial charge in [0, 0.05) is 18.7 Å². The molecule has 0 aromatic heterocycles. The predicted molar refractivity (Wildman–Crippen MR) is 107 cm³/mol. The van der Waals surface area contributed by atoms with Gasteiger partial charge in [0.15, 0.2) is 0 Å². The fourth-order valence-corrected chi connectivity index (χ4v) is 3.98. The molecular formula is C22H28N2O2. The van der Waals surface area contributed by atoms with E-state index in [4.69, 9.17) is 0 Å². The van der Waals surface area contributed by atoms with Crippen LogP contribution in [0.15, 0.2) is 48.5 Å². The van der Waals surface area contributed by atoms with E-state index in [9.17, 15) is 9.90 Å². The van der Waals surface area contributed by atoms with Gasteiger partial charge in [-0.05, 0) is 36.8 Å². The lowest BCUT2D eigenvalue weighted by Crippen LogP contribution is -2.49. The molecule has 1 heterocycles. The van der Waals surface area contributed by atoms with Gasteiger partial charge in [0.05, 0.1) is 11.9 Å². The summed E-state index contributed by atoms with van der Waals surface area (Å²) in [6, 6.07) is 16.1. The Balaban J connectivity index is 2.08. The van der Waals surface area contributed by atoms with Crippen LogP contribution in [-0.2, 0) is 0 Å². The molecular weight excluding hydrogens is 324 g/mol. The Morgan fingerprint density at radius 3 is 2.58 bits per heavy atom. The van der Waals surface area contributed by atoms with Gasteiger partial charge in [0.1, 0.15) is 0 Å². The first kappa shape index (κ1) is 18.5. The number of hydrogen-bond donors (Lipinski definition) is 1. The standard InChI is InChI=1S/C22H28N2O2/c1-16(2)15-23-14-8-13-20(23)24(22(25)26)21-17(3)9-7-12-19(21)18-10-5-4-6-11-18/h4-7,9-12,16,20H,8,13-15H2,1-3H3,(H,25,26). The lowest BCUT2D eigenvalue weighted by atomic mass is 9.99. The van der Waals surface area contributed by atoms with E-state index in [1.54, 1.807) is 4.90 Å². The SMILES string of the molecule is Cc1cccc(-c2ccccc2)c1N(C(=O)O)C1CCCN1CC(C)C. The van der Waals surface area contributed by atoms with Crippen LogP contribution in [0.4, 0.5) is 10.5 Å². The van der Waals surface area contributed by atoms with E-state index >= 15 is 0 Å². The summed E-state index contributed by atoms with van der Waals surface area (Å²) in [6.07, 6.45) is 0.936. The van der Waals surface area contributed by atoms with Gasteiger partial charge < -0.3 is 5.11 Å². The van der Waals surface area contributed by atoms with Crippen LogP contribution in [0.1, 0.15) is 32.3 Å². The first-order chi connectivity index (χ1) is 12.5. The third-order valence-corrected chi connectivity index (χ3v) is 5.00. The molecule has 4 nitrogen and oxygen atoms in total. The first-order valence-corrected chi connectivity index (χ1v) is 9.40. The molecule has 0 spiro atoms. The lowest BCUT2D eigenvalue weighted by molar-refractivity contribution is 0.176. The number of rotatable bonds is 5. The minimum Gasteiger partial charge on any atom is -0.465 e. The van der Waals surface area contributed by atoms with E-state index in [-0.39, 0.29) is 6.17 Å². The van der Waals surface area contributed by atoms with Crippen LogP contribution in [0.5, 0.6) is 0 Å². The number of hydrogen-bond acceptors (Lipinski definition) is 2. The monoisotopic (exact) mass is 352 g/mol. The zero-order valence-corrected chi connectivity index (χ0v) is 15.9. The molecule has 1 N–H and O–H groups in total. The number of para-hydroxylation sites is 1. The fraction of sp³-hybridized carbons (Fsp3) is 0.409. The molecule has 1 unspecified atom stereocenters. The summed E-state index contributed by atoms with van der Waals surface area (Å²) in [4.78, 5) is 16.3. The number of likely N-dealkylation sites (tertiary alicyclic amines) is 1. The third kappa shape index (κ3) is 3.75. The Morgan fingerprint density at radius 1 is 1.19 bits per heavy atom. The molecule has 0 aliphatic carbocycles. The average molecular weight is 352 g/mol. The number of carbonyl (C=O) groups is 1. The smallest absolute Gasteiger partial charge is 0.413 e. The molecule has 3 rings (SSSR count). The largest absolute Gasteiger partial charge is 0.465 e. The summed E-state index contributed by atoms with van der Waals surface area (Å²) in [7, 11) is 0. The van der Waals surface area contributed by atoms with Gasteiger partial charge in [-0.1, -0.05) is 62.4 Å². The maximum atomic E-state index is 12.4. The Labute approximate surface area is 156 Å². The quantitative estimate of drug-likeness (QED) is 0.802. The van der Waals surface area contributed by atoms with Crippen molar-refractivity contribution >= 4 is 11.8 Å². The summed E-state index contributed by atoms with van der Waals surface area (Å²) in [6.45, 7) is 8.24. The van der Waals surface area contributed by atoms with Crippen LogP contribution < -0.4 is 4.90 Å². The molecule has 0 saturated carbocycles. The second-order valence-corrected chi connectivity index (χ2v) is 7.50. The Bertz CT molecular complexity index is 758. The van der Waals surface area contributed by atoms with Crippen molar-refractivity contribution in [2.75, 3.05) is 18.0 Å². The molecule has 1 saturated heterocycles. The van der Waals surface area contributed by atoms with E-state index in [1.807, 2.05) is 55.5 Å². The molecule has 1 amide bonds. The molecule has 2 aromatic carbocycles. The zero-order valence-electron chi connectivity index (χ0n) is 15.9. The third-order valence-electron chi connectivity index (χ3n) is 5.00. The topological polar surface area (TPSA) is 43.8 Å². The molecule has 1 aliphatic rings.